The Morgan fingerprint density at radius 1 is 0.868 bits per heavy atom. The Hall–Kier alpha value is -3.00. The zero-order valence-corrected chi connectivity index (χ0v) is 23.4. The van der Waals surface area contributed by atoms with E-state index in [0.717, 1.165) is 53.5 Å². The first kappa shape index (κ1) is 26.6. The molecule has 4 aromatic rings. The van der Waals surface area contributed by atoms with Crippen LogP contribution in [0.25, 0.3) is 10.8 Å². The summed E-state index contributed by atoms with van der Waals surface area (Å²) in [7, 11) is -3.91. The van der Waals surface area contributed by atoms with Gasteiger partial charge in [0.05, 0.1) is 18.0 Å². The predicted molar refractivity (Wildman–Crippen MR) is 154 cm³/mol. The van der Waals surface area contributed by atoms with Gasteiger partial charge in [-0.05, 0) is 53.8 Å². The lowest BCUT2D eigenvalue weighted by molar-refractivity contribution is -0.133. The number of hydrogen-bond donors (Lipinski definition) is 0. The lowest BCUT2D eigenvalue weighted by atomic mass is 9.95. The number of rotatable bonds is 9. The molecule has 1 heterocycles. The summed E-state index contributed by atoms with van der Waals surface area (Å²) in [4.78, 5) is 17.2. The Balaban J connectivity index is 1.50. The highest BCUT2D eigenvalue weighted by Gasteiger charge is 2.36. The van der Waals surface area contributed by atoms with Gasteiger partial charge in [-0.2, -0.15) is 4.31 Å². The van der Waals surface area contributed by atoms with Crippen LogP contribution < -0.4 is 0 Å². The van der Waals surface area contributed by atoms with E-state index in [2.05, 4.69) is 13.0 Å². The van der Waals surface area contributed by atoms with Crippen LogP contribution in [0.1, 0.15) is 48.1 Å². The van der Waals surface area contributed by atoms with Crippen molar-refractivity contribution in [3.63, 3.8) is 0 Å². The smallest absolute Gasteiger partial charge is 0.244 e. The third kappa shape index (κ3) is 5.85. The fourth-order valence-corrected chi connectivity index (χ4v) is 8.11. The quantitative estimate of drug-likeness (QED) is 0.233. The predicted octanol–water partition coefficient (Wildman–Crippen LogP) is 6.76. The van der Waals surface area contributed by atoms with Crippen LogP contribution in [0.5, 0.6) is 0 Å². The first-order chi connectivity index (χ1) is 18.4. The molecule has 0 radical (unpaired) electrons. The Morgan fingerprint density at radius 2 is 1.58 bits per heavy atom. The van der Waals surface area contributed by atoms with E-state index in [0.29, 0.717) is 18.5 Å². The monoisotopic (exact) mass is 546 g/mol. The van der Waals surface area contributed by atoms with Crippen molar-refractivity contribution in [2.75, 3.05) is 6.54 Å². The van der Waals surface area contributed by atoms with Gasteiger partial charge >= 0.3 is 0 Å². The number of amides is 1. The Morgan fingerprint density at radius 3 is 2.32 bits per heavy atom. The molecule has 0 aliphatic heterocycles. The van der Waals surface area contributed by atoms with Gasteiger partial charge in [-0.3, -0.25) is 4.79 Å². The highest BCUT2D eigenvalue weighted by atomic mass is 32.2. The highest BCUT2D eigenvalue weighted by molar-refractivity contribution is 7.89. The summed E-state index contributed by atoms with van der Waals surface area (Å²) < 4.78 is 30.1. The van der Waals surface area contributed by atoms with Gasteiger partial charge in [-0.1, -0.05) is 86.0 Å². The molecule has 5 rings (SSSR count). The molecule has 0 unspecified atom stereocenters. The van der Waals surface area contributed by atoms with Gasteiger partial charge in [0.15, 0.2) is 0 Å². The van der Waals surface area contributed by atoms with Crippen molar-refractivity contribution in [2.24, 2.45) is 0 Å². The van der Waals surface area contributed by atoms with E-state index in [9.17, 15) is 13.2 Å². The highest BCUT2D eigenvalue weighted by Crippen LogP contribution is 2.32. The molecule has 0 saturated heterocycles. The molecule has 3 aromatic carbocycles. The van der Waals surface area contributed by atoms with Crippen molar-refractivity contribution in [1.29, 1.82) is 0 Å². The van der Waals surface area contributed by atoms with Crippen molar-refractivity contribution >= 4 is 38.0 Å². The standard InChI is InChI=1S/C31H34N2O3S2/c1-24-19-20-37-29(24)22-32(21-25-11-4-2-5-12-25)31(34)23-33(27-15-6-3-7-16-27)38(35,36)30-18-10-14-26-13-8-9-17-28(26)30/h2,4-5,8-14,17-20,27H,3,6-7,15-16,21-23H2,1H3. The molecule has 1 amide bonds. The minimum Gasteiger partial charge on any atom is -0.332 e. The SMILES string of the molecule is Cc1ccsc1CN(Cc1ccccc1)C(=O)CN(C1CCCCC1)S(=O)(=O)c1cccc2ccccc12. The van der Waals surface area contributed by atoms with E-state index in [4.69, 9.17) is 0 Å². The number of sulfonamides is 1. The van der Waals surface area contributed by atoms with Crippen molar-refractivity contribution in [3.8, 4) is 0 Å². The fraction of sp³-hybridized carbons (Fsp3) is 0.323. The van der Waals surface area contributed by atoms with E-state index in [-0.39, 0.29) is 23.4 Å². The maximum atomic E-state index is 14.3. The molecule has 0 spiro atoms. The molecule has 198 valence electrons. The number of carbonyl (C=O) groups is 1. The zero-order chi connectivity index (χ0) is 26.5. The molecule has 5 nitrogen and oxygen atoms in total. The normalized spacial score (nSPS) is 14.7. The zero-order valence-electron chi connectivity index (χ0n) is 21.8. The second-order valence-electron chi connectivity index (χ2n) is 10.1. The lowest BCUT2D eigenvalue weighted by Gasteiger charge is -2.35. The van der Waals surface area contributed by atoms with Crippen LogP contribution in [0.2, 0.25) is 0 Å². The molecule has 1 aliphatic carbocycles. The van der Waals surface area contributed by atoms with Gasteiger partial charge in [-0.25, -0.2) is 8.42 Å². The molecule has 1 aliphatic rings. The number of carbonyl (C=O) groups excluding carboxylic acids is 1. The van der Waals surface area contributed by atoms with E-state index >= 15 is 0 Å². The molecule has 1 fully saturated rings. The first-order valence-corrected chi connectivity index (χ1v) is 15.6. The summed E-state index contributed by atoms with van der Waals surface area (Å²) >= 11 is 1.63. The summed E-state index contributed by atoms with van der Waals surface area (Å²) in [5, 5.41) is 3.61. The molecule has 1 aromatic heterocycles. The maximum absolute atomic E-state index is 14.3. The molecule has 0 atom stereocenters. The largest absolute Gasteiger partial charge is 0.332 e. The summed E-state index contributed by atoms with van der Waals surface area (Å²) in [5.41, 5.74) is 2.17. The third-order valence-corrected chi connectivity index (χ3v) is 10.4. The fourth-order valence-electron chi connectivity index (χ4n) is 5.34. The van der Waals surface area contributed by atoms with Gasteiger partial charge in [0.2, 0.25) is 15.9 Å². The molecule has 38 heavy (non-hydrogen) atoms. The van der Waals surface area contributed by atoms with Gasteiger partial charge in [0, 0.05) is 22.8 Å². The molecule has 7 heteroatoms. The number of hydrogen-bond acceptors (Lipinski definition) is 4. The van der Waals surface area contributed by atoms with Crippen LogP contribution >= 0.6 is 11.3 Å². The van der Waals surface area contributed by atoms with Crippen LogP contribution in [-0.4, -0.2) is 36.1 Å². The second kappa shape index (κ2) is 11.8. The number of nitrogens with zero attached hydrogens (tertiary/aromatic N) is 2. The molecular formula is C31H34N2O3S2. The van der Waals surface area contributed by atoms with Crippen molar-refractivity contribution in [2.45, 2.75) is 63.1 Å². The van der Waals surface area contributed by atoms with Crippen molar-refractivity contribution in [1.82, 2.24) is 9.21 Å². The van der Waals surface area contributed by atoms with Crippen molar-refractivity contribution in [3.05, 3.63) is 100 Å². The first-order valence-electron chi connectivity index (χ1n) is 13.3. The van der Waals surface area contributed by atoms with E-state index in [1.165, 1.54) is 4.31 Å². The van der Waals surface area contributed by atoms with Crippen LogP contribution in [-0.2, 0) is 27.9 Å². The maximum Gasteiger partial charge on any atom is 0.244 e. The minimum absolute atomic E-state index is 0.159. The lowest BCUT2D eigenvalue weighted by Crippen LogP contribution is -2.47. The minimum atomic E-state index is -3.91. The molecule has 0 bridgehead atoms. The van der Waals surface area contributed by atoms with Gasteiger partial charge in [0.25, 0.3) is 0 Å². The summed E-state index contributed by atoms with van der Waals surface area (Å²) in [6.45, 7) is 2.79. The van der Waals surface area contributed by atoms with E-state index in [1.54, 1.807) is 23.5 Å². The van der Waals surface area contributed by atoms with Crippen LogP contribution in [0, 0.1) is 6.92 Å². The number of fused-ring (bicyclic) bond motifs is 1. The average Bonchev–Trinajstić information content (AvgIpc) is 3.35. The van der Waals surface area contributed by atoms with Gasteiger partial charge in [-0.15, -0.1) is 11.3 Å². The molecular weight excluding hydrogens is 512 g/mol. The summed E-state index contributed by atoms with van der Waals surface area (Å²) in [6.07, 6.45) is 4.61. The van der Waals surface area contributed by atoms with Crippen LogP contribution in [0.3, 0.4) is 0 Å². The Labute approximate surface area is 229 Å². The van der Waals surface area contributed by atoms with Crippen LogP contribution in [0.15, 0.2) is 89.1 Å². The summed E-state index contributed by atoms with van der Waals surface area (Å²) in [5.74, 6) is -0.170. The van der Waals surface area contributed by atoms with Gasteiger partial charge in [0.1, 0.15) is 0 Å². The number of thiophene rings is 1. The number of aryl methyl sites for hydroxylation is 1. The topological polar surface area (TPSA) is 57.7 Å². The Bertz CT molecular complexity index is 1490. The van der Waals surface area contributed by atoms with E-state index < -0.39 is 10.0 Å². The third-order valence-electron chi connectivity index (χ3n) is 7.48. The van der Waals surface area contributed by atoms with Crippen LogP contribution in [0.4, 0.5) is 0 Å². The van der Waals surface area contributed by atoms with E-state index in [1.807, 2.05) is 70.9 Å². The Kier molecular flexibility index (Phi) is 8.27. The second-order valence-corrected chi connectivity index (χ2v) is 12.9. The number of benzene rings is 3. The molecule has 0 N–H and O–H groups in total. The van der Waals surface area contributed by atoms with Gasteiger partial charge < -0.3 is 4.90 Å². The van der Waals surface area contributed by atoms with Crippen molar-refractivity contribution < 1.29 is 13.2 Å². The summed E-state index contributed by atoms with van der Waals surface area (Å²) in [6, 6.07) is 24.7. The average molecular weight is 547 g/mol. The molecule has 1 saturated carbocycles.